The molecule has 2 nitrogen and oxygen atoms in total. The Kier molecular flexibility index (Phi) is 3.79. The minimum absolute atomic E-state index is 0.801. The van der Waals surface area contributed by atoms with Gasteiger partial charge in [0.15, 0.2) is 0 Å². The number of hydrogen-bond donors (Lipinski definition) is 1. The highest BCUT2D eigenvalue weighted by Crippen LogP contribution is 2.20. The first-order valence-electron chi connectivity index (χ1n) is 5.57. The number of nitrogens with one attached hydrogen (secondary N) is 1. The molecule has 88 valence electrons. The molecule has 2 rings (SSSR count). The molecule has 0 amide bonds. The van der Waals surface area contributed by atoms with Crippen LogP contribution in [0.5, 0.6) is 0 Å². The Morgan fingerprint density at radius 3 is 2.65 bits per heavy atom. The molecule has 0 bridgehead atoms. The summed E-state index contributed by atoms with van der Waals surface area (Å²) in [6.07, 6.45) is 1.91. The third-order valence-electron chi connectivity index (χ3n) is 2.64. The van der Waals surface area contributed by atoms with Crippen molar-refractivity contribution in [1.29, 1.82) is 0 Å². The van der Waals surface area contributed by atoms with Crippen LogP contribution in [-0.4, -0.2) is 4.98 Å². The second-order valence-corrected chi connectivity index (χ2v) is 5.04. The molecule has 1 aromatic carbocycles. The summed E-state index contributed by atoms with van der Waals surface area (Å²) in [5, 5.41) is 3.42. The quantitative estimate of drug-likeness (QED) is 0.922. The van der Waals surface area contributed by atoms with E-state index < -0.39 is 0 Å². The van der Waals surface area contributed by atoms with Crippen molar-refractivity contribution in [3.63, 3.8) is 0 Å². The van der Waals surface area contributed by atoms with Crippen LogP contribution in [0.4, 0.5) is 5.69 Å². The maximum atomic E-state index is 4.28. The molecule has 0 aliphatic heterocycles. The number of rotatable bonds is 3. The van der Waals surface area contributed by atoms with Crippen LogP contribution in [0.15, 0.2) is 41.0 Å². The normalized spacial score (nSPS) is 10.3. The maximum absolute atomic E-state index is 4.28. The zero-order valence-electron chi connectivity index (χ0n) is 10.00. The molecule has 2 aromatic rings. The molecule has 0 spiro atoms. The van der Waals surface area contributed by atoms with Crippen LogP contribution in [0.3, 0.4) is 0 Å². The van der Waals surface area contributed by atoms with Crippen LogP contribution < -0.4 is 5.32 Å². The van der Waals surface area contributed by atoms with Crippen molar-refractivity contribution in [2.45, 2.75) is 20.4 Å². The fourth-order valence-corrected chi connectivity index (χ4v) is 2.10. The van der Waals surface area contributed by atoms with Gasteiger partial charge in [0.1, 0.15) is 0 Å². The molecule has 1 N–H and O–H groups in total. The van der Waals surface area contributed by atoms with Crippen molar-refractivity contribution in [2.24, 2.45) is 0 Å². The lowest BCUT2D eigenvalue weighted by Crippen LogP contribution is -2.01. The van der Waals surface area contributed by atoms with Crippen molar-refractivity contribution in [3.8, 4) is 0 Å². The van der Waals surface area contributed by atoms with E-state index in [-0.39, 0.29) is 0 Å². The molecule has 1 aromatic heterocycles. The van der Waals surface area contributed by atoms with E-state index in [9.17, 15) is 0 Å². The number of hydrogen-bond acceptors (Lipinski definition) is 2. The number of nitrogens with zero attached hydrogens (tertiary/aromatic N) is 1. The lowest BCUT2D eigenvalue weighted by atomic mass is 10.2. The summed E-state index contributed by atoms with van der Waals surface area (Å²) in [4.78, 5) is 4.28. The molecule has 0 aliphatic carbocycles. The van der Waals surface area contributed by atoms with Gasteiger partial charge in [0, 0.05) is 28.6 Å². The first-order valence-corrected chi connectivity index (χ1v) is 6.36. The largest absolute Gasteiger partial charge is 0.381 e. The SMILES string of the molecule is Cc1ccc(CNc2ccc(Br)cc2C)cn1. The zero-order chi connectivity index (χ0) is 12.3. The molecule has 0 aliphatic rings. The van der Waals surface area contributed by atoms with Crippen molar-refractivity contribution in [1.82, 2.24) is 4.98 Å². The van der Waals surface area contributed by atoms with Crippen molar-refractivity contribution in [3.05, 3.63) is 57.8 Å². The number of aryl methyl sites for hydroxylation is 2. The summed E-state index contributed by atoms with van der Waals surface area (Å²) in [6, 6.07) is 10.4. The standard InChI is InChI=1S/C14H15BrN2/c1-10-7-13(15)5-6-14(10)17-9-12-4-3-11(2)16-8-12/h3-8,17H,9H2,1-2H3. The molecule has 0 fully saturated rings. The summed E-state index contributed by atoms with van der Waals surface area (Å²) in [6.45, 7) is 4.90. The third-order valence-corrected chi connectivity index (χ3v) is 3.14. The van der Waals surface area contributed by atoms with Gasteiger partial charge in [-0.15, -0.1) is 0 Å². The van der Waals surface area contributed by atoms with E-state index in [1.807, 2.05) is 25.3 Å². The van der Waals surface area contributed by atoms with E-state index in [1.54, 1.807) is 0 Å². The summed E-state index contributed by atoms with van der Waals surface area (Å²) < 4.78 is 1.11. The first kappa shape index (κ1) is 12.1. The van der Waals surface area contributed by atoms with Crippen LogP contribution in [0.2, 0.25) is 0 Å². The van der Waals surface area contributed by atoms with E-state index in [2.05, 4.69) is 51.4 Å². The number of anilines is 1. The average molecular weight is 291 g/mol. The minimum Gasteiger partial charge on any atom is -0.381 e. The van der Waals surface area contributed by atoms with Crippen LogP contribution in [0.1, 0.15) is 16.8 Å². The van der Waals surface area contributed by atoms with Crippen LogP contribution in [-0.2, 0) is 6.54 Å². The van der Waals surface area contributed by atoms with Gasteiger partial charge in [-0.2, -0.15) is 0 Å². The van der Waals surface area contributed by atoms with Crippen molar-refractivity contribution in [2.75, 3.05) is 5.32 Å². The lowest BCUT2D eigenvalue weighted by molar-refractivity contribution is 1.08. The Morgan fingerprint density at radius 2 is 2.00 bits per heavy atom. The predicted molar refractivity (Wildman–Crippen MR) is 75.2 cm³/mol. The van der Waals surface area contributed by atoms with Crippen LogP contribution in [0, 0.1) is 13.8 Å². The Hall–Kier alpha value is -1.35. The highest BCUT2D eigenvalue weighted by Gasteiger charge is 1.99. The molecule has 0 atom stereocenters. The van der Waals surface area contributed by atoms with Crippen molar-refractivity contribution >= 4 is 21.6 Å². The summed E-state index contributed by atoms with van der Waals surface area (Å²) >= 11 is 3.46. The summed E-state index contributed by atoms with van der Waals surface area (Å²) in [5.74, 6) is 0. The van der Waals surface area contributed by atoms with Crippen LogP contribution >= 0.6 is 15.9 Å². The smallest absolute Gasteiger partial charge is 0.0416 e. The topological polar surface area (TPSA) is 24.9 Å². The summed E-state index contributed by atoms with van der Waals surface area (Å²) in [7, 11) is 0. The number of aromatic nitrogens is 1. The van der Waals surface area contributed by atoms with Gasteiger partial charge in [-0.25, -0.2) is 0 Å². The molecule has 17 heavy (non-hydrogen) atoms. The number of pyridine rings is 1. The van der Waals surface area contributed by atoms with Gasteiger partial charge in [-0.1, -0.05) is 22.0 Å². The summed E-state index contributed by atoms with van der Waals surface area (Å²) in [5.41, 5.74) is 4.64. The minimum atomic E-state index is 0.801. The van der Waals surface area contributed by atoms with Gasteiger partial charge in [-0.3, -0.25) is 4.98 Å². The Balaban J connectivity index is 2.04. The fourth-order valence-electron chi connectivity index (χ4n) is 1.63. The first-order chi connectivity index (χ1) is 8.15. The zero-order valence-corrected chi connectivity index (χ0v) is 11.6. The fraction of sp³-hybridized carbons (Fsp3) is 0.214. The Labute approximate surface area is 110 Å². The van der Waals surface area contributed by atoms with Crippen molar-refractivity contribution < 1.29 is 0 Å². The highest BCUT2D eigenvalue weighted by molar-refractivity contribution is 9.10. The Bertz CT molecular complexity index is 506. The second-order valence-electron chi connectivity index (χ2n) is 4.12. The molecular weight excluding hydrogens is 276 g/mol. The van der Waals surface area contributed by atoms with Gasteiger partial charge < -0.3 is 5.32 Å². The maximum Gasteiger partial charge on any atom is 0.0416 e. The molecular formula is C14H15BrN2. The van der Waals surface area contributed by atoms with E-state index in [0.717, 1.165) is 22.4 Å². The van der Waals surface area contributed by atoms with Gasteiger partial charge in [-0.05, 0) is 49.2 Å². The van der Waals surface area contributed by atoms with E-state index in [4.69, 9.17) is 0 Å². The van der Waals surface area contributed by atoms with E-state index in [1.165, 1.54) is 11.1 Å². The molecule has 3 heteroatoms. The number of benzene rings is 1. The third kappa shape index (κ3) is 3.30. The Morgan fingerprint density at radius 1 is 1.18 bits per heavy atom. The van der Waals surface area contributed by atoms with Crippen LogP contribution in [0.25, 0.3) is 0 Å². The van der Waals surface area contributed by atoms with E-state index in [0.29, 0.717) is 0 Å². The average Bonchev–Trinajstić information content (AvgIpc) is 2.30. The monoisotopic (exact) mass is 290 g/mol. The van der Waals surface area contributed by atoms with Gasteiger partial charge in [0.05, 0.1) is 0 Å². The van der Waals surface area contributed by atoms with Gasteiger partial charge in [0.25, 0.3) is 0 Å². The van der Waals surface area contributed by atoms with Gasteiger partial charge >= 0.3 is 0 Å². The molecule has 1 heterocycles. The molecule has 0 radical (unpaired) electrons. The lowest BCUT2D eigenvalue weighted by Gasteiger charge is -2.09. The molecule has 0 saturated carbocycles. The van der Waals surface area contributed by atoms with E-state index >= 15 is 0 Å². The molecule has 0 unspecified atom stereocenters. The second kappa shape index (κ2) is 5.32. The molecule has 0 saturated heterocycles. The van der Waals surface area contributed by atoms with Gasteiger partial charge in [0.2, 0.25) is 0 Å². The number of halogens is 1. The highest BCUT2D eigenvalue weighted by atomic mass is 79.9. The predicted octanol–water partition coefficient (Wildman–Crippen LogP) is 4.07.